The van der Waals surface area contributed by atoms with E-state index in [1.54, 1.807) is 36.4 Å². The number of carbonyl (C=O) groups excluding carboxylic acids is 2. The van der Waals surface area contributed by atoms with Crippen molar-refractivity contribution < 1.29 is 43.5 Å². The van der Waals surface area contributed by atoms with E-state index in [0.29, 0.717) is 6.54 Å². The molecule has 6 rings (SSSR count). The summed E-state index contributed by atoms with van der Waals surface area (Å²) < 4.78 is 31.6. The molecule has 1 aromatic heterocycles. The number of hydrogen-bond acceptors (Lipinski definition) is 9. The second-order valence-corrected chi connectivity index (χ2v) is 11.6. The number of aromatic nitrogens is 1. The zero-order chi connectivity index (χ0) is 32.7. The van der Waals surface area contributed by atoms with Gasteiger partial charge < -0.3 is 34.1 Å². The van der Waals surface area contributed by atoms with Crippen LogP contribution in [0, 0.1) is 5.82 Å². The van der Waals surface area contributed by atoms with Crippen LogP contribution in [0.5, 0.6) is 0 Å². The molecule has 11 heteroatoms. The molecule has 3 aromatic carbocycles. The lowest BCUT2D eigenvalue weighted by Gasteiger charge is -2.38. The Labute approximate surface area is 264 Å². The molecule has 0 amide bonds. The average Bonchev–Trinajstić information content (AvgIpc) is 3.65. The standard InChI is InChI=1S/C35H33FN2O8/c1-4-13-44-34(43)32-30(40)29(39)31(41)35(45-32)46-33(42)20-7-5-19(6-8-20)27-25-14-21-16-37-17-22(21)15-26(25)38(28(27)18(2)3)24-11-9-23(36)10-12-24/h4-12,14-15,17-18,29-32,35,39-41H,1,13,16H2,2-3H3/t29-,30-,31+,32-,35?/m0/s1. The van der Waals surface area contributed by atoms with E-state index >= 15 is 0 Å². The first-order chi connectivity index (χ1) is 22.1. The van der Waals surface area contributed by atoms with Crippen LogP contribution in [0.25, 0.3) is 27.7 Å². The summed E-state index contributed by atoms with van der Waals surface area (Å²) in [6.45, 7) is 8.01. The number of rotatable bonds is 8. The normalized spacial score (nSPS) is 22.2. The molecule has 46 heavy (non-hydrogen) atoms. The Hall–Kier alpha value is -4.68. The van der Waals surface area contributed by atoms with E-state index in [1.807, 2.05) is 6.21 Å². The van der Waals surface area contributed by atoms with Gasteiger partial charge in [0.05, 0.1) is 17.6 Å². The minimum Gasteiger partial charge on any atom is -0.459 e. The lowest BCUT2D eigenvalue weighted by Crippen LogP contribution is -2.60. The maximum atomic E-state index is 13.9. The Morgan fingerprint density at radius 2 is 1.78 bits per heavy atom. The van der Waals surface area contributed by atoms with Gasteiger partial charge in [0, 0.05) is 28.5 Å². The third-order valence-corrected chi connectivity index (χ3v) is 8.17. The van der Waals surface area contributed by atoms with Crippen molar-refractivity contribution in [2.24, 2.45) is 4.99 Å². The Morgan fingerprint density at radius 1 is 1.07 bits per heavy atom. The average molecular weight is 629 g/mol. The number of hydrogen-bond donors (Lipinski definition) is 3. The first-order valence-corrected chi connectivity index (χ1v) is 14.8. The van der Waals surface area contributed by atoms with E-state index in [4.69, 9.17) is 14.2 Å². The smallest absolute Gasteiger partial charge is 0.340 e. The quantitative estimate of drug-likeness (QED) is 0.195. The molecule has 0 aliphatic carbocycles. The highest BCUT2D eigenvalue weighted by atomic mass is 19.1. The van der Waals surface area contributed by atoms with E-state index < -0.39 is 42.6 Å². The lowest BCUT2D eigenvalue weighted by atomic mass is 9.95. The molecule has 1 fully saturated rings. The van der Waals surface area contributed by atoms with Gasteiger partial charge in [-0.05, 0) is 71.1 Å². The van der Waals surface area contributed by atoms with Crippen LogP contribution in [0.3, 0.4) is 0 Å². The van der Waals surface area contributed by atoms with Crippen LogP contribution >= 0.6 is 0 Å². The van der Waals surface area contributed by atoms with Crippen LogP contribution < -0.4 is 0 Å². The number of ether oxygens (including phenoxy) is 3. The van der Waals surface area contributed by atoms with Crippen molar-refractivity contribution in [3.8, 4) is 16.8 Å². The second-order valence-electron chi connectivity index (χ2n) is 11.6. The lowest BCUT2D eigenvalue weighted by molar-refractivity contribution is -0.279. The molecule has 2 aliphatic heterocycles. The SMILES string of the molecule is C=CCOC(=O)[C@H]1OC(OC(=O)c2ccc(-c3c(C(C)C)n(-c4ccc(F)cc4)c4cc5c(cc34)CN=C5)cc2)[C@H](O)[C@@H](O)[C@@H]1O. The van der Waals surface area contributed by atoms with Crippen molar-refractivity contribution in [1.29, 1.82) is 0 Å². The van der Waals surface area contributed by atoms with E-state index in [0.717, 1.165) is 44.5 Å². The van der Waals surface area contributed by atoms with Crippen molar-refractivity contribution in [3.63, 3.8) is 0 Å². The molecule has 2 aliphatic rings. The maximum absolute atomic E-state index is 13.9. The number of benzene rings is 3. The molecule has 4 aromatic rings. The minimum atomic E-state index is -1.84. The molecule has 0 saturated carbocycles. The first kappa shape index (κ1) is 31.3. The predicted molar refractivity (Wildman–Crippen MR) is 167 cm³/mol. The Bertz CT molecular complexity index is 1830. The van der Waals surface area contributed by atoms with Gasteiger partial charge in [-0.25, -0.2) is 14.0 Å². The van der Waals surface area contributed by atoms with Gasteiger partial charge in [-0.1, -0.05) is 38.6 Å². The molecule has 238 valence electrons. The van der Waals surface area contributed by atoms with Gasteiger partial charge in [0.2, 0.25) is 6.29 Å². The molecule has 5 atom stereocenters. The zero-order valence-corrected chi connectivity index (χ0v) is 25.2. The highest BCUT2D eigenvalue weighted by Gasteiger charge is 2.49. The first-order valence-electron chi connectivity index (χ1n) is 14.8. The van der Waals surface area contributed by atoms with Crippen molar-refractivity contribution in [1.82, 2.24) is 4.57 Å². The third-order valence-electron chi connectivity index (χ3n) is 8.17. The number of aliphatic hydroxyl groups is 3. The number of nitrogens with zero attached hydrogens (tertiary/aromatic N) is 2. The van der Waals surface area contributed by atoms with Crippen LogP contribution in [-0.4, -0.2) is 75.4 Å². The Kier molecular flexibility index (Phi) is 8.58. The van der Waals surface area contributed by atoms with Crippen LogP contribution in [0.1, 0.15) is 46.9 Å². The second kappa shape index (κ2) is 12.6. The monoisotopic (exact) mass is 628 g/mol. The number of esters is 2. The van der Waals surface area contributed by atoms with Gasteiger partial charge in [0.25, 0.3) is 0 Å². The fourth-order valence-corrected chi connectivity index (χ4v) is 5.94. The van der Waals surface area contributed by atoms with Crippen molar-refractivity contribution in [3.05, 3.63) is 102 Å². The number of aliphatic imine (C=N–C) groups is 1. The van der Waals surface area contributed by atoms with Crippen LogP contribution in [0.2, 0.25) is 0 Å². The summed E-state index contributed by atoms with van der Waals surface area (Å²) >= 11 is 0. The number of fused-ring (bicyclic) bond motifs is 2. The van der Waals surface area contributed by atoms with E-state index in [2.05, 4.69) is 42.1 Å². The summed E-state index contributed by atoms with van der Waals surface area (Å²) in [7, 11) is 0. The summed E-state index contributed by atoms with van der Waals surface area (Å²) in [5.41, 5.74) is 6.75. The molecule has 3 N–H and O–H groups in total. The van der Waals surface area contributed by atoms with Gasteiger partial charge in [0.15, 0.2) is 6.10 Å². The highest BCUT2D eigenvalue weighted by molar-refractivity contribution is 6.03. The Balaban J connectivity index is 1.34. The number of carbonyl (C=O) groups is 2. The molecule has 10 nitrogen and oxygen atoms in total. The van der Waals surface area contributed by atoms with E-state index in [9.17, 15) is 29.3 Å². The summed E-state index contributed by atoms with van der Waals surface area (Å²) in [6, 6.07) is 17.2. The summed E-state index contributed by atoms with van der Waals surface area (Å²) in [5.74, 6) is -2.17. The summed E-state index contributed by atoms with van der Waals surface area (Å²) in [4.78, 5) is 29.9. The molecule has 1 unspecified atom stereocenters. The Morgan fingerprint density at radius 3 is 2.46 bits per heavy atom. The van der Waals surface area contributed by atoms with Crippen molar-refractivity contribution in [2.75, 3.05) is 6.61 Å². The minimum absolute atomic E-state index is 0.0541. The zero-order valence-electron chi connectivity index (χ0n) is 25.2. The van der Waals surface area contributed by atoms with Gasteiger partial charge in [-0.15, -0.1) is 0 Å². The summed E-state index contributed by atoms with van der Waals surface area (Å²) in [6.07, 6.45) is -5.75. The molecule has 0 radical (unpaired) electrons. The fraction of sp³-hybridized carbons (Fsp3) is 0.286. The van der Waals surface area contributed by atoms with Gasteiger partial charge in [-0.3, -0.25) is 4.99 Å². The third kappa shape index (κ3) is 5.62. The topological polar surface area (TPSA) is 140 Å². The van der Waals surface area contributed by atoms with Crippen LogP contribution in [0.15, 0.2) is 78.3 Å². The number of halogens is 1. The summed E-state index contributed by atoms with van der Waals surface area (Å²) in [5, 5.41) is 31.9. The van der Waals surface area contributed by atoms with Crippen molar-refractivity contribution >= 4 is 29.1 Å². The molecule has 1 saturated heterocycles. The largest absolute Gasteiger partial charge is 0.459 e. The van der Waals surface area contributed by atoms with Gasteiger partial charge >= 0.3 is 11.9 Å². The van der Waals surface area contributed by atoms with E-state index in [-0.39, 0.29) is 23.9 Å². The van der Waals surface area contributed by atoms with Crippen LogP contribution in [0.4, 0.5) is 4.39 Å². The van der Waals surface area contributed by atoms with E-state index in [1.165, 1.54) is 18.2 Å². The predicted octanol–water partition coefficient (Wildman–Crippen LogP) is 4.19. The highest BCUT2D eigenvalue weighted by Crippen LogP contribution is 2.42. The molecule has 0 spiro atoms. The molecule has 0 bridgehead atoms. The number of aliphatic hydroxyl groups excluding tert-OH is 3. The van der Waals surface area contributed by atoms with Crippen molar-refractivity contribution in [2.45, 2.75) is 57.0 Å². The van der Waals surface area contributed by atoms with Gasteiger partial charge in [-0.2, -0.15) is 0 Å². The molecular weight excluding hydrogens is 595 g/mol. The maximum Gasteiger partial charge on any atom is 0.340 e. The van der Waals surface area contributed by atoms with Gasteiger partial charge in [0.1, 0.15) is 30.7 Å². The molecular formula is C35H33FN2O8. The fourth-order valence-electron chi connectivity index (χ4n) is 5.94. The molecule has 3 heterocycles. The van der Waals surface area contributed by atoms with Crippen LogP contribution in [-0.2, 0) is 25.5 Å².